The molecule has 0 nitrogen and oxygen atoms in total. The standard InChI is InChI=1S/C14H30S/c1-9(2)11(5)13(7)15-14(8)12(6)10(3)4/h9-14H,1-8H3. The van der Waals surface area contributed by atoms with Crippen LogP contribution in [0.4, 0.5) is 0 Å². The second-order valence-electron chi connectivity index (χ2n) is 5.75. The van der Waals surface area contributed by atoms with Gasteiger partial charge in [-0.3, -0.25) is 0 Å². The highest BCUT2D eigenvalue weighted by Gasteiger charge is 2.22. The minimum absolute atomic E-state index is 0.779. The zero-order chi connectivity index (χ0) is 12.2. The second kappa shape index (κ2) is 6.83. The van der Waals surface area contributed by atoms with Gasteiger partial charge in [-0.1, -0.05) is 55.4 Å². The van der Waals surface area contributed by atoms with Crippen molar-refractivity contribution in [2.75, 3.05) is 0 Å². The molecule has 0 bridgehead atoms. The van der Waals surface area contributed by atoms with Gasteiger partial charge in [0, 0.05) is 10.5 Å². The summed E-state index contributed by atoms with van der Waals surface area (Å²) in [5, 5.41) is 1.56. The lowest BCUT2D eigenvalue weighted by Gasteiger charge is -2.30. The number of hydrogen-bond acceptors (Lipinski definition) is 1. The van der Waals surface area contributed by atoms with E-state index in [0.717, 1.165) is 34.2 Å². The first kappa shape index (κ1) is 15.3. The SMILES string of the molecule is CC(C)C(C)C(C)SC(C)C(C)C(C)C. The molecule has 0 aromatic carbocycles. The third-order valence-corrected chi connectivity index (χ3v) is 5.73. The van der Waals surface area contributed by atoms with Gasteiger partial charge in [0.1, 0.15) is 0 Å². The fourth-order valence-corrected chi connectivity index (χ4v) is 3.47. The van der Waals surface area contributed by atoms with Gasteiger partial charge in [-0.2, -0.15) is 11.8 Å². The summed E-state index contributed by atoms with van der Waals surface area (Å²) in [7, 11) is 0. The van der Waals surface area contributed by atoms with Gasteiger partial charge in [-0.05, 0) is 23.7 Å². The van der Waals surface area contributed by atoms with Gasteiger partial charge in [0.25, 0.3) is 0 Å². The van der Waals surface area contributed by atoms with Gasteiger partial charge in [0.05, 0.1) is 0 Å². The van der Waals surface area contributed by atoms with Crippen molar-refractivity contribution >= 4 is 11.8 Å². The highest BCUT2D eigenvalue weighted by Crippen LogP contribution is 2.33. The number of thioether (sulfide) groups is 1. The highest BCUT2D eigenvalue weighted by atomic mass is 32.2. The Morgan fingerprint density at radius 2 is 0.800 bits per heavy atom. The predicted molar refractivity (Wildman–Crippen MR) is 74.5 cm³/mol. The largest absolute Gasteiger partial charge is 0.155 e. The average Bonchev–Trinajstić information content (AvgIpc) is 2.14. The van der Waals surface area contributed by atoms with Crippen molar-refractivity contribution in [2.45, 2.75) is 65.9 Å². The Bertz CT molecular complexity index is 145. The molecule has 1 heteroatoms. The van der Waals surface area contributed by atoms with Crippen LogP contribution in [0.1, 0.15) is 55.4 Å². The smallest absolute Gasteiger partial charge is 0.00495 e. The molecule has 0 N–H and O–H groups in total. The summed E-state index contributed by atoms with van der Waals surface area (Å²) in [6, 6.07) is 0. The lowest BCUT2D eigenvalue weighted by Crippen LogP contribution is -2.23. The van der Waals surface area contributed by atoms with E-state index < -0.39 is 0 Å². The molecule has 0 spiro atoms. The monoisotopic (exact) mass is 230 g/mol. The number of rotatable bonds is 6. The zero-order valence-corrected chi connectivity index (χ0v) is 12.7. The molecule has 0 aliphatic heterocycles. The third kappa shape index (κ3) is 5.29. The Labute approximate surface area is 102 Å². The van der Waals surface area contributed by atoms with E-state index in [9.17, 15) is 0 Å². The van der Waals surface area contributed by atoms with E-state index in [1.165, 1.54) is 0 Å². The molecule has 92 valence electrons. The molecular weight excluding hydrogens is 200 g/mol. The summed E-state index contributed by atoms with van der Waals surface area (Å²) in [5.41, 5.74) is 0. The van der Waals surface area contributed by atoms with E-state index in [1.54, 1.807) is 0 Å². The molecule has 0 heterocycles. The van der Waals surface area contributed by atoms with Crippen molar-refractivity contribution in [3.8, 4) is 0 Å². The van der Waals surface area contributed by atoms with Crippen LogP contribution in [0.3, 0.4) is 0 Å². The third-order valence-electron chi connectivity index (χ3n) is 4.01. The first-order valence-electron chi connectivity index (χ1n) is 6.42. The van der Waals surface area contributed by atoms with Crippen molar-refractivity contribution in [3.05, 3.63) is 0 Å². The van der Waals surface area contributed by atoms with Gasteiger partial charge in [0.2, 0.25) is 0 Å². The van der Waals surface area contributed by atoms with Gasteiger partial charge in [0.15, 0.2) is 0 Å². The highest BCUT2D eigenvalue weighted by molar-refractivity contribution is 8.00. The Morgan fingerprint density at radius 3 is 1.00 bits per heavy atom. The van der Waals surface area contributed by atoms with E-state index in [1.807, 2.05) is 0 Å². The number of hydrogen-bond donors (Lipinski definition) is 0. The van der Waals surface area contributed by atoms with Crippen molar-refractivity contribution < 1.29 is 0 Å². The summed E-state index contributed by atoms with van der Waals surface area (Å²) >= 11 is 2.17. The molecule has 0 aromatic heterocycles. The average molecular weight is 230 g/mol. The van der Waals surface area contributed by atoms with Gasteiger partial charge < -0.3 is 0 Å². The Morgan fingerprint density at radius 1 is 0.533 bits per heavy atom. The van der Waals surface area contributed by atoms with Crippen molar-refractivity contribution in [2.24, 2.45) is 23.7 Å². The molecule has 15 heavy (non-hydrogen) atoms. The molecule has 4 unspecified atom stereocenters. The fourth-order valence-electron chi connectivity index (χ4n) is 1.67. The molecule has 0 saturated carbocycles. The van der Waals surface area contributed by atoms with Crippen LogP contribution in [0.2, 0.25) is 0 Å². The molecule has 0 amide bonds. The Kier molecular flexibility index (Phi) is 6.99. The minimum atomic E-state index is 0.779. The maximum atomic E-state index is 2.39. The maximum absolute atomic E-state index is 2.39. The molecule has 0 aliphatic rings. The lowest BCUT2D eigenvalue weighted by molar-refractivity contribution is 0.401. The summed E-state index contributed by atoms with van der Waals surface area (Å²) in [6.07, 6.45) is 0. The summed E-state index contributed by atoms with van der Waals surface area (Å²) in [4.78, 5) is 0. The molecule has 0 fully saturated rings. The predicted octanol–water partition coefficient (Wildman–Crippen LogP) is 5.08. The van der Waals surface area contributed by atoms with Crippen LogP contribution in [0.5, 0.6) is 0 Å². The van der Waals surface area contributed by atoms with Crippen LogP contribution in [0.25, 0.3) is 0 Å². The van der Waals surface area contributed by atoms with Crippen LogP contribution in [-0.4, -0.2) is 10.5 Å². The summed E-state index contributed by atoms with van der Waals surface area (Å²) in [6.45, 7) is 18.9. The fraction of sp³-hybridized carbons (Fsp3) is 1.00. The molecule has 0 aliphatic carbocycles. The molecular formula is C14H30S. The molecule has 0 saturated heterocycles. The Balaban J connectivity index is 4.11. The van der Waals surface area contributed by atoms with Gasteiger partial charge in [-0.15, -0.1) is 0 Å². The van der Waals surface area contributed by atoms with Crippen molar-refractivity contribution in [3.63, 3.8) is 0 Å². The van der Waals surface area contributed by atoms with Crippen LogP contribution >= 0.6 is 11.8 Å². The molecule has 4 atom stereocenters. The first-order chi connectivity index (χ1) is 6.77. The van der Waals surface area contributed by atoms with E-state index in [2.05, 4.69) is 67.2 Å². The summed E-state index contributed by atoms with van der Waals surface area (Å²) in [5.74, 6) is 3.23. The van der Waals surface area contributed by atoms with E-state index in [-0.39, 0.29) is 0 Å². The molecule has 0 aromatic rings. The minimum Gasteiger partial charge on any atom is -0.155 e. The van der Waals surface area contributed by atoms with Crippen LogP contribution in [0, 0.1) is 23.7 Å². The van der Waals surface area contributed by atoms with Crippen LogP contribution in [0.15, 0.2) is 0 Å². The van der Waals surface area contributed by atoms with E-state index in [4.69, 9.17) is 0 Å². The van der Waals surface area contributed by atoms with Crippen molar-refractivity contribution in [1.29, 1.82) is 0 Å². The van der Waals surface area contributed by atoms with E-state index >= 15 is 0 Å². The quantitative estimate of drug-likeness (QED) is 0.613. The zero-order valence-electron chi connectivity index (χ0n) is 11.9. The van der Waals surface area contributed by atoms with E-state index in [0.29, 0.717) is 0 Å². The van der Waals surface area contributed by atoms with Gasteiger partial charge in [-0.25, -0.2) is 0 Å². The maximum Gasteiger partial charge on any atom is 0.00495 e. The topological polar surface area (TPSA) is 0 Å². The van der Waals surface area contributed by atoms with Crippen LogP contribution < -0.4 is 0 Å². The van der Waals surface area contributed by atoms with Gasteiger partial charge >= 0.3 is 0 Å². The Hall–Kier alpha value is 0.350. The normalized spacial score (nSPS) is 20.4. The van der Waals surface area contributed by atoms with Crippen molar-refractivity contribution in [1.82, 2.24) is 0 Å². The first-order valence-corrected chi connectivity index (χ1v) is 7.37. The lowest BCUT2D eigenvalue weighted by atomic mass is 9.95. The molecule has 0 radical (unpaired) electrons. The summed E-state index contributed by atoms with van der Waals surface area (Å²) < 4.78 is 0. The molecule has 0 rings (SSSR count). The van der Waals surface area contributed by atoms with Crippen LogP contribution in [-0.2, 0) is 0 Å². The second-order valence-corrected chi connectivity index (χ2v) is 7.51.